The van der Waals surface area contributed by atoms with Crippen LogP contribution < -0.4 is 0 Å². The van der Waals surface area contributed by atoms with Gasteiger partial charge in [0, 0.05) is 0 Å². The van der Waals surface area contributed by atoms with Crippen LogP contribution in [-0.4, -0.2) is 15.0 Å². The SMILES string of the molecule is CCc1[c-]c2ccccc2c(-c2ccccc2)c1.CCc1cc2ccccc2[cH-]1.C[CH-]CCC(C)=[SiH2].[CH2-]CCC.[Zr+4]. The molecule has 0 aliphatic carbocycles. The van der Waals surface area contributed by atoms with Gasteiger partial charge in [-0.25, -0.2) is 0 Å². The molecule has 0 aliphatic heterocycles. The predicted octanol–water partition coefficient (Wildman–Crippen LogP) is 10.4. The Labute approximate surface area is 273 Å². The molecule has 212 valence electrons. The topological polar surface area (TPSA) is 0 Å². The molecule has 5 aromatic rings. The van der Waals surface area contributed by atoms with Crippen molar-refractivity contribution in [1.29, 1.82) is 0 Å². The molecule has 41 heavy (non-hydrogen) atoms. The van der Waals surface area contributed by atoms with E-state index in [0.717, 1.165) is 19.3 Å². The molecule has 0 fully saturated rings. The average molecular weight is 636 g/mol. The van der Waals surface area contributed by atoms with Gasteiger partial charge in [-0.05, 0) is 35.2 Å². The molecule has 0 saturated carbocycles. The molecule has 0 amide bonds. The van der Waals surface area contributed by atoms with Crippen molar-refractivity contribution in [3.63, 3.8) is 0 Å². The third-order valence-electron chi connectivity index (χ3n) is 6.60. The van der Waals surface area contributed by atoms with E-state index in [-0.39, 0.29) is 26.2 Å². The number of unbranched alkanes of at least 4 members (excludes halogenated alkanes) is 2. The van der Waals surface area contributed by atoms with Crippen LogP contribution in [0.15, 0.2) is 97.1 Å². The van der Waals surface area contributed by atoms with E-state index >= 15 is 0 Å². The van der Waals surface area contributed by atoms with E-state index in [9.17, 15) is 0 Å². The molecule has 0 unspecified atom stereocenters. The average Bonchev–Trinajstić information content (AvgIpc) is 3.44. The van der Waals surface area contributed by atoms with Crippen molar-refractivity contribution in [3.05, 3.63) is 128 Å². The summed E-state index contributed by atoms with van der Waals surface area (Å²) in [6.45, 7) is 14.4. The second kappa shape index (κ2) is 21.4. The molecule has 0 nitrogen and oxygen atoms in total. The summed E-state index contributed by atoms with van der Waals surface area (Å²) >= 11 is 0. The first-order valence-corrected chi connectivity index (χ1v) is 15.5. The van der Waals surface area contributed by atoms with Crippen LogP contribution >= 0.6 is 0 Å². The molecule has 0 radical (unpaired) electrons. The number of fused-ring (bicyclic) bond motifs is 2. The zero-order valence-corrected chi connectivity index (χ0v) is 29.8. The first-order chi connectivity index (χ1) is 19.5. The molecule has 5 aromatic carbocycles. The molecule has 0 aromatic heterocycles. The maximum absolute atomic E-state index is 3.60. The molecule has 0 heterocycles. The Balaban J connectivity index is 0.000000313. The quantitative estimate of drug-likeness (QED) is 0.123. The Hall–Kier alpha value is -2.28. The van der Waals surface area contributed by atoms with Crippen molar-refractivity contribution in [2.24, 2.45) is 0 Å². The van der Waals surface area contributed by atoms with E-state index in [1.54, 1.807) is 5.17 Å². The van der Waals surface area contributed by atoms with Gasteiger partial charge < -0.3 is 13.3 Å². The maximum atomic E-state index is 3.60. The summed E-state index contributed by atoms with van der Waals surface area (Å²) < 4.78 is 0. The van der Waals surface area contributed by atoms with Crippen LogP contribution in [-0.2, 0) is 39.0 Å². The second-order valence-electron chi connectivity index (χ2n) is 10.1. The van der Waals surface area contributed by atoms with Crippen LogP contribution in [0.3, 0.4) is 0 Å². The Morgan fingerprint density at radius 3 is 2.07 bits per heavy atom. The Morgan fingerprint density at radius 1 is 0.878 bits per heavy atom. The largest absolute Gasteiger partial charge is 4.00 e. The monoisotopic (exact) mass is 634 g/mol. The molecule has 5 rings (SSSR count). The van der Waals surface area contributed by atoms with Gasteiger partial charge in [0.2, 0.25) is 0 Å². The fourth-order valence-electron chi connectivity index (χ4n) is 4.14. The molecule has 0 aliphatic rings. The van der Waals surface area contributed by atoms with Gasteiger partial charge in [0.1, 0.15) is 0 Å². The molecule has 0 atom stereocenters. The standard InChI is InChI=1S/C18H15.C11H11.C6H13Si.C4H9.Zr/c1-2-14-12-16-10-6-7-11-17(16)18(13-14)15-8-4-3-5-9-15;1-2-9-7-10-5-3-4-6-11(10)8-9;1-3-4-5-6(2)7;1-3-4-2;/h3-11,13H,2H2,1H3;3-8H,2H2,1H3;3H,4-5,7H2,1-2H3;1,3-4H2,2H3;/q4*-1;+4. The summed E-state index contributed by atoms with van der Waals surface area (Å²) in [5.41, 5.74) is 5.29. The van der Waals surface area contributed by atoms with Crippen molar-refractivity contribution >= 4 is 36.6 Å². The smallest absolute Gasteiger partial charge is 0.343 e. The van der Waals surface area contributed by atoms with E-state index in [1.165, 1.54) is 63.1 Å². The van der Waals surface area contributed by atoms with Gasteiger partial charge in [0.15, 0.2) is 0 Å². The van der Waals surface area contributed by atoms with Crippen LogP contribution in [0.4, 0.5) is 0 Å². The van der Waals surface area contributed by atoms with Crippen molar-refractivity contribution < 1.29 is 26.2 Å². The first kappa shape index (κ1) is 36.7. The second-order valence-corrected chi connectivity index (χ2v) is 11.3. The van der Waals surface area contributed by atoms with Crippen LogP contribution in [0.1, 0.15) is 71.4 Å². The molecule has 0 bridgehead atoms. The van der Waals surface area contributed by atoms with Gasteiger partial charge in [-0.15, -0.1) is 86.4 Å². The maximum Gasteiger partial charge on any atom is 4.00 e. The fourth-order valence-corrected chi connectivity index (χ4v) is 4.35. The zero-order valence-electron chi connectivity index (χ0n) is 26.0. The summed E-state index contributed by atoms with van der Waals surface area (Å²) in [7, 11) is 1.99. The summed E-state index contributed by atoms with van der Waals surface area (Å²) in [5, 5.41) is 6.77. The molecule has 2 heteroatoms. The molecule has 0 saturated heterocycles. The van der Waals surface area contributed by atoms with Crippen molar-refractivity contribution in [1.82, 2.24) is 0 Å². The first-order valence-electron chi connectivity index (χ1n) is 14.8. The van der Waals surface area contributed by atoms with Gasteiger partial charge in [-0.1, -0.05) is 87.7 Å². The minimum Gasteiger partial charge on any atom is -0.343 e. The van der Waals surface area contributed by atoms with Crippen LogP contribution in [0.2, 0.25) is 0 Å². The number of benzene rings is 4. The number of rotatable bonds is 7. The normalized spacial score (nSPS) is 9.80. The van der Waals surface area contributed by atoms with E-state index in [2.05, 4.69) is 151 Å². The number of hydrogen-bond donors (Lipinski definition) is 0. The predicted molar refractivity (Wildman–Crippen MR) is 185 cm³/mol. The molecule has 0 N–H and O–H groups in total. The van der Waals surface area contributed by atoms with Crippen molar-refractivity contribution in [3.8, 4) is 11.1 Å². The van der Waals surface area contributed by atoms with Gasteiger partial charge in [0.25, 0.3) is 0 Å². The molecular formula is C39H48SiZr. The Kier molecular flexibility index (Phi) is 19.2. The van der Waals surface area contributed by atoms with Crippen LogP contribution in [0.25, 0.3) is 32.7 Å². The van der Waals surface area contributed by atoms with Gasteiger partial charge in [-0.2, -0.15) is 25.8 Å². The van der Waals surface area contributed by atoms with Crippen molar-refractivity contribution in [2.45, 2.75) is 73.1 Å². The van der Waals surface area contributed by atoms with Gasteiger partial charge in [-0.3, -0.25) is 0 Å². The van der Waals surface area contributed by atoms with Gasteiger partial charge >= 0.3 is 26.2 Å². The number of hydrogen-bond acceptors (Lipinski definition) is 0. The van der Waals surface area contributed by atoms with Gasteiger partial charge in [0.05, 0.1) is 0 Å². The molecular weight excluding hydrogens is 588 g/mol. The third-order valence-corrected chi connectivity index (χ3v) is 6.95. The molecule has 0 spiro atoms. The van der Waals surface area contributed by atoms with Crippen LogP contribution in [0, 0.1) is 19.4 Å². The Morgan fingerprint density at radius 2 is 1.51 bits per heavy atom. The zero-order chi connectivity index (χ0) is 29.2. The fraction of sp³-hybridized carbons (Fsp3) is 0.282. The summed E-state index contributed by atoms with van der Waals surface area (Å²) in [4.78, 5) is 0. The van der Waals surface area contributed by atoms with E-state index in [1.807, 2.05) is 9.85 Å². The minimum absolute atomic E-state index is 0. The van der Waals surface area contributed by atoms with Crippen molar-refractivity contribution in [2.75, 3.05) is 0 Å². The van der Waals surface area contributed by atoms with Crippen LogP contribution in [0.5, 0.6) is 0 Å². The summed E-state index contributed by atoms with van der Waals surface area (Å²) in [6.07, 6.45) is 9.15. The third kappa shape index (κ3) is 13.1. The van der Waals surface area contributed by atoms with E-state index in [4.69, 9.17) is 0 Å². The summed E-state index contributed by atoms with van der Waals surface area (Å²) in [5.74, 6) is 0. The Bertz CT molecular complexity index is 1360. The minimum atomic E-state index is 0. The van der Waals surface area contributed by atoms with E-state index < -0.39 is 0 Å². The van der Waals surface area contributed by atoms with E-state index in [0.29, 0.717) is 0 Å². The number of aryl methyl sites for hydroxylation is 2. The summed E-state index contributed by atoms with van der Waals surface area (Å²) in [6, 6.07) is 37.8.